The van der Waals surface area contributed by atoms with Crippen molar-refractivity contribution in [3.63, 3.8) is 0 Å². The van der Waals surface area contributed by atoms with Crippen LogP contribution in [0.15, 0.2) is 11.6 Å². The molecule has 3 saturated heterocycles. The highest BCUT2D eigenvalue weighted by Crippen LogP contribution is 2.76. The van der Waals surface area contributed by atoms with Gasteiger partial charge in [-0.1, -0.05) is 60.1 Å². The molecule has 0 radical (unpaired) electrons. The quantitative estimate of drug-likeness (QED) is 0.103. The van der Waals surface area contributed by atoms with Crippen molar-refractivity contribution in [2.45, 2.75) is 217 Å². The first-order valence-electron chi connectivity index (χ1n) is 24.7. The fourth-order valence-electron chi connectivity index (χ4n) is 15.4. The zero-order valence-electron chi connectivity index (χ0n) is 40.8. The van der Waals surface area contributed by atoms with E-state index in [-0.39, 0.29) is 52.1 Å². The average molecular weight is 959 g/mol. The lowest BCUT2D eigenvalue weighted by atomic mass is 9.33. The molecule has 3 aliphatic heterocycles. The Morgan fingerprint density at radius 2 is 1.28 bits per heavy atom. The predicted molar refractivity (Wildman–Crippen MR) is 236 cm³/mol. The normalized spacial score (nSPS) is 55.0. The summed E-state index contributed by atoms with van der Waals surface area (Å²) in [7, 11) is 1.79. The van der Waals surface area contributed by atoms with Crippen LogP contribution in [0.5, 0.6) is 0 Å². The summed E-state index contributed by atoms with van der Waals surface area (Å²) in [6.45, 7) is 16.2. The molecular formula is C49H82O18. The van der Waals surface area contributed by atoms with Gasteiger partial charge in [-0.05, 0) is 97.2 Å². The van der Waals surface area contributed by atoms with Crippen molar-refractivity contribution in [1.29, 1.82) is 0 Å². The topological polar surface area (TPSA) is 287 Å². The SMILES string of the molecule is CO[C@@H]1C=C2C3CC(C)(C)CC[C@]3(CO)[C@@H](O)C[C@@]2(C)[C@]2(C)CCC3C(C)(C)C(O[C@@H]4O[C@H](CO[C@@H]5O[C@H](CO)[C@@H](O)[C@H](O)[C@H]5O)[C@H](O[C@@H]5O[C@@H](C)[C@H](O)[C@@H](O)[C@H]5O)[C@H](O)[C@H]4O)CC[C@]3(C)[C@@H]12. The highest BCUT2D eigenvalue weighted by atomic mass is 16.8. The number of allylic oxidation sites excluding steroid dienone is 1. The van der Waals surface area contributed by atoms with Crippen molar-refractivity contribution in [2.24, 2.45) is 50.2 Å². The fourth-order valence-corrected chi connectivity index (χ4v) is 15.4. The first-order chi connectivity index (χ1) is 31.3. The molecule has 7 fully saturated rings. The first kappa shape index (κ1) is 52.3. The molecule has 5 aliphatic carbocycles. The summed E-state index contributed by atoms with van der Waals surface area (Å²) in [4.78, 5) is 0. The summed E-state index contributed by atoms with van der Waals surface area (Å²) in [5, 5.41) is 120. The van der Waals surface area contributed by atoms with Crippen LogP contribution < -0.4 is 0 Å². The molecule has 18 nitrogen and oxygen atoms in total. The molecule has 25 atom stereocenters. The van der Waals surface area contributed by atoms with E-state index >= 15 is 0 Å². The second kappa shape index (κ2) is 18.5. The Balaban J connectivity index is 1.05. The van der Waals surface area contributed by atoms with Crippen LogP contribution in [0.25, 0.3) is 0 Å². The second-order valence-corrected chi connectivity index (χ2v) is 24.0. The number of hydrogen-bond acceptors (Lipinski definition) is 18. The number of methoxy groups -OCH3 is 1. The van der Waals surface area contributed by atoms with Gasteiger partial charge in [-0.3, -0.25) is 0 Å². The minimum Gasteiger partial charge on any atom is -0.396 e. The maximum atomic E-state index is 12.2. The lowest BCUT2D eigenvalue weighted by molar-refractivity contribution is -0.374. The molecule has 18 heteroatoms. The molecule has 0 aromatic rings. The van der Waals surface area contributed by atoms with Gasteiger partial charge in [0.15, 0.2) is 18.9 Å². The van der Waals surface area contributed by atoms with Crippen LogP contribution in [0.3, 0.4) is 0 Å². The lowest BCUT2D eigenvalue weighted by Gasteiger charge is -2.73. The first-order valence-corrected chi connectivity index (χ1v) is 24.7. The molecule has 11 N–H and O–H groups in total. The maximum absolute atomic E-state index is 12.2. The van der Waals surface area contributed by atoms with Gasteiger partial charge in [-0.25, -0.2) is 0 Å². The summed E-state index contributed by atoms with van der Waals surface area (Å²) < 4.78 is 42.9. The van der Waals surface area contributed by atoms with Crippen molar-refractivity contribution in [3.05, 3.63) is 11.6 Å². The largest absolute Gasteiger partial charge is 0.396 e. The Kier molecular flexibility index (Phi) is 14.5. The Morgan fingerprint density at radius 3 is 1.94 bits per heavy atom. The van der Waals surface area contributed by atoms with Gasteiger partial charge in [0.25, 0.3) is 0 Å². The molecule has 3 unspecified atom stereocenters. The van der Waals surface area contributed by atoms with Gasteiger partial charge in [0, 0.05) is 18.4 Å². The van der Waals surface area contributed by atoms with E-state index in [0.29, 0.717) is 12.8 Å². The van der Waals surface area contributed by atoms with Crippen molar-refractivity contribution < 1.29 is 89.3 Å². The Hall–Kier alpha value is -0.980. The summed E-state index contributed by atoms with van der Waals surface area (Å²) >= 11 is 0. The average Bonchev–Trinajstić information content (AvgIpc) is 3.27. The molecule has 4 saturated carbocycles. The van der Waals surface area contributed by atoms with Crippen LogP contribution in [-0.4, -0.2) is 194 Å². The number of fused-ring (bicyclic) bond motifs is 7. The van der Waals surface area contributed by atoms with Crippen LogP contribution >= 0.6 is 0 Å². The molecule has 386 valence electrons. The van der Waals surface area contributed by atoms with E-state index in [1.807, 2.05) is 0 Å². The predicted octanol–water partition coefficient (Wildman–Crippen LogP) is 0.237. The second-order valence-electron chi connectivity index (χ2n) is 24.0. The third-order valence-electron chi connectivity index (χ3n) is 19.6. The molecule has 0 spiro atoms. The van der Waals surface area contributed by atoms with Crippen LogP contribution in [0.2, 0.25) is 0 Å². The van der Waals surface area contributed by atoms with Gasteiger partial charge in [-0.15, -0.1) is 0 Å². The number of aliphatic hydroxyl groups is 11. The van der Waals surface area contributed by atoms with E-state index < -0.39 is 128 Å². The zero-order chi connectivity index (χ0) is 49.1. The summed E-state index contributed by atoms with van der Waals surface area (Å²) in [5.41, 5.74) is -0.631. The Bertz CT molecular complexity index is 1780. The monoisotopic (exact) mass is 959 g/mol. The Morgan fingerprint density at radius 1 is 0.657 bits per heavy atom. The van der Waals surface area contributed by atoms with E-state index in [0.717, 1.165) is 38.5 Å². The lowest BCUT2D eigenvalue weighted by Crippen LogP contribution is -2.70. The van der Waals surface area contributed by atoms with Crippen molar-refractivity contribution in [3.8, 4) is 0 Å². The van der Waals surface area contributed by atoms with E-state index in [1.165, 1.54) is 12.5 Å². The molecule has 0 aromatic heterocycles. The van der Waals surface area contributed by atoms with E-state index in [2.05, 4.69) is 54.5 Å². The van der Waals surface area contributed by atoms with Gasteiger partial charge in [0.05, 0.1) is 44.2 Å². The van der Waals surface area contributed by atoms with Crippen LogP contribution in [0.1, 0.15) is 107 Å². The molecule has 67 heavy (non-hydrogen) atoms. The number of rotatable bonds is 10. The molecule has 0 aromatic carbocycles. The van der Waals surface area contributed by atoms with Crippen LogP contribution in [0.4, 0.5) is 0 Å². The smallest absolute Gasteiger partial charge is 0.187 e. The summed E-state index contributed by atoms with van der Waals surface area (Å²) in [6, 6.07) is 0. The Labute approximate surface area is 394 Å². The third-order valence-corrected chi connectivity index (χ3v) is 19.6. The van der Waals surface area contributed by atoms with Crippen molar-refractivity contribution in [1.82, 2.24) is 0 Å². The molecule has 0 amide bonds. The summed E-state index contributed by atoms with van der Waals surface area (Å²) in [5.74, 6) is 0.170. The molecular weight excluding hydrogens is 877 g/mol. The maximum Gasteiger partial charge on any atom is 0.187 e. The van der Waals surface area contributed by atoms with Gasteiger partial charge in [-0.2, -0.15) is 0 Å². The highest BCUT2D eigenvalue weighted by molar-refractivity contribution is 5.37. The van der Waals surface area contributed by atoms with Gasteiger partial charge >= 0.3 is 0 Å². The van der Waals surface area contributed by atoms with Crippen molar-refractivity contribution >= 4 is 0 Å². The number of ether oxygens (including phenoxy) is 7. The minimum absolute atomic E-state index is 0.0218. The van der Waals surface area contributed by atoms with Gasteiger partial charge < -0.3 is 89.3 Å². The summed E-state index contributed by atoms with van der Waals surface area (Å²) in [6.07, 6.45) is -16.1. The molecule has 3 heterocycles. The molecule has 8 rings (SSSR count). The highest BCUT2D eigenvalue weighted by Gasteiger charge is 2.72. The number of hydrogen-bond donors (Lipinski definition) is 11. The fraction of sp³-hybridized carbons (Fsp3) is 0.959. The van der Waals surface area contributed by atoms with Crippen LogP contribution in [-0.2, 0) is 33.2 Å². The van der Waals surface area contributed by atoms with Gasteiger partial charge in [0.2, 0.25) is 0 Å². The van der Waals surface area contributed by atoms with Gasteiger partial charge in [0.1, 0.15) is 67.1 Å². The van der Waals surface area contributed by atoms with E-state index in [9.17, 15) is 56.2 Å². The third kappa shape index (κ3) is 8.24. The van der Waals surface area contributed by atoms with E-state index in [4.69, 9.17) is 33.2 Å². The standard InChI is InChI=1S/C49H82O18/c1-22-31(53)33(55)37(59)42(63-22)67-39-27(20-62-41-36(58)34(56)32(54)26(19-50)64-41)65-43(38(60)35(39)57)66-30-11-12-46(6)28(45(30,4)5)10-13-47(7)40(46)25(61-9)16-23-24-17-44(2,3)14-15-49(24,21-51)29(52)18-48(23,47)8/h16,22,24-43,50-60H,10-15,17-21H2,1-9H3/t22-,24?,25+,26+,27+,28?,29-,30?,31-,32+,33+,34-,35+,36+,37+,38+,39-,40+,41+,42-,43-,46-,47+,48+,49+/m0/s1. The number of aliphatic hydroxyl groups excluding tert-OH is 11. The van der Waals surface area contributed by atoms with Crippen molar-refractivity contribution in [2.75, 3.05) is 26.9 Å². The van der Waals surface area contributed by atoms with Crippen LogP contribution in [0, 0.1) is 50.2 Å². The zero-order valence-corrected chi connectivity index (χ0v) is 40.8. The molecule has 8 aliphatic rings. The van der Waals surface area contributed by atoms with E-state index in [1.54, 1.807) is 7.11 Å². The molecule has 0 bridgehead atoms. The minimum atomic E-state index is -1.77.